The van der Waals surface area contributed by atoms with Gasteiger partial charge in [-0.05, 0) is 44.1 Å². The number of hydrogen-bond acceptors (Lipinski definition) is 5. The summed E-state index contributed by atoms with van der Waals surface area (Å²) >= 11 is 0. The third-order valence-corrected chi connectivity index (χ3v) is 5.89. The zero-order valence-corrected chi connectivity index (χ0v) is 18.0. The number of nitrogens with one attached hydrogen (secondary N) is 2. The van der Waals surface area contributed by atoms with Gasteiger partial charge in [0, 0.05) is 18.9 Å². The van der Waals surface area contributed by atoms with Gasteiger partial charge < -0.3 is 20.5 Å². The minimum atomic E-state index is -0.460. The predicted octanol–water partition coefficient (Wildman–Crippen LogP) is 2.05. The zero-order valence-electron chi connectivity index (χ0n) is 18.0. The van der Waals surface area contributed by atoms with Crippen LogP contribution in [0.1, 0.15) is 58.3 Å². The molecule has 0 unspecified atom stereocenters. The third kappa shape index (κ3) is 8.03. The SMILES string of the molecule is CCCCCC(=O)NCC(=O)NC[C@@H]1[C@H](CC=CCC=CC(=O)CO)[C@@H]2CC[C@H]1O2. The molecular formula is C23H36N2O5. The van der Waals surface area contributed by atoms with Crippen LogP contribution in [0.2, 0.25) is 0 Å². The molecule has 2 aliphatic heterocycles. The Labute approximate surface area is 179 Å². The van der Waals surface area contributed by atoms with Crippen molar-refractivity contribution in [2.45, 2.75) is 70.5 Å². The largest absolute Gasteiger partial charge is 0.388 e. The summed E-state index contributed by atoms with van der Waals surface area (Å²) in [5, 5.41) is 14.3. The molecule has 3 N–H and O–H groups in total. The van der Waals surface area contributed by atoms with Crippen LogP contribution in [0, 0.1) is 11.8 Å². The highest BCUT2D eigenvalue weighted by Gasteiger charge is 2.47. The zero-order chi connectivity index (χ0) is 21.8. The second-order valence-corrected chi connectivity index (χ2v) is 8.13. The minimum Gasteiger partial charge on any atom is -0.388 e. The normalized spacial score (nSPS) is 25.3. The van der Waals surface area contributed by atoms with E-state index in [1.54, 1.807) is 6.08 Å². The van der Waals surface area contributed by atoms with E-state index in [2.05, 4.69) is 23.6 Å². The van der Waals surface area contributed by atoms with Crippen molar-refractivity contribution in [3.8, 4) is 0 Å². The molecule has 2 rings (SSSR count). The van der Waals surface area contributed by atoms with Gasteiger partial charge in [0.05, 0.1) is 18.8 Å². The lowest BCUT2D eigenvalue weighted by Gasteiger charge is -2.27. The number of aliphatic hydroxyl groups excluding tert-OH is 1. The molecule has 7 nitrogen and oxygen atoms in total. The van der Waals surface area contributed by atoms with Gasteiger partial charge in [-0.2, -0.15) is 0 Å². The lowest BCUT2D eigenvalue weighted by molar-refractivity contribution is -0.126. The maximum absolute atomic E-state index is 12.1. The summed E-state index contributed by atoms with van der Waals surface area (Å²) in [6.07, 6.45) is 14.7. The lowest BCUT2D eigenvalue weighted by atomic mass is 9.77. The molecule has 0 spiro atoms. The number of ether oxygens (including phenoxy) is 1. The minimum absolute atomic E-state index is 0.0239. The average Bonchev–Trinajstić information content (AvgIpc) is 3.35. The van der Waals surface area contributed by atoms with Gasteiger partial charge in [0.1, 0.15) is 6.61 Å². The van der Waals surface area contributed by atoms with Crippen LogP contribution < -0.4 is 10.6 Å². The fourth-order valence-corrected chi connectivity index (χ4v) is 4.26. The van der Waals surface area contributed by atoms with Crippen molar-refractivity contribution >= 4 is 17.6 Å². The molecule has 0 aromatic carbocycles. The van der Waals surface area contributed by atoms with Crippen molar-refractivity contribution in [1.29, 1.82) is 0 Å². The average molecular weight is 421 g/mol. The summed E-state index contributed by atoms with van der Waals surface area (Å²) in [4.78, 5) is 34.9. The highest BCUT2D eigenvalue weighted by atomic mass is 16.5. The van der Waals surface area contributed by atoms with Crippen molar-refractivity contribution in [3.63, 3.8) is 0 Å². The molecule has 0 aromatic heterocycles. The summed E-state index contributed by atoms with van der Waals surface area (Å²) in [5.74, 6) is 0.128. The van der Waals surface area contributed by atoms with Crippen molar-refractivity contribution in [3.05, 3.63) is 24.3 Å². The molecule has 0 radical (unpaired) electrons. The summed E-state index contributed by atoms with van der Waals surface area (Å²) in [7, 11) is 0. The van der Waals surface area contributed by atoms with Crippen LogP contribution in [-0.2, 0) is 19.1 Å². The molecular weight excluding hydrogens is 384 g/mol. The standard InChI is InChI=1S/C23H36N2O5/c1-2-3-6-11-22(28)25-15-23(29)24-14-19-18(20-12-13-21(19)30-20)10-8-5-4-7-9-17(27)16-26/h5,7-9,18-21,26H,2-4,6,10-16H2,1H3,(H,24,29)(H,25,28)/t18-,19+,20-,21+/m0/s1. The van der Waals surface area contributed by atoms with E-state index in [9.17, 15) is 14.4 Å². The van der Waals surface area contributed by atoms with Crippen LogP contribution >= 0.6 is 0 Å². The first-order chi connectivity index (χ1) is 14.5. The van der Waals surface area contributed by atoms with Crippen LogP contribution in [-0.4, -0.2) is 54.6 Å². The van der Waals surface area contributed by atoms with E-state index in [0.717, 1.165) is 38.5 Å². The summed E-state index contributed by atoms with van der Waals surface area (Å²) in [6, 6.07) is 0. The second kappa shape index (κ2) is 13.3. The quantitative estimate of drug-likeness (QED) is 0.227. The molecule has 2 bridgehead atoms. The van der Waals surface area contributed by atoms with Crippen LogP contribution in [0.4, 0.5) is 0 Å². The molecule has 7 heteroatoms. The number of aliphatic hydroxyl groups is 1. The van der Waals surface area contributed by atoms with Gasteiger partial charge in [-0.3, -0.25) is 14.4 Å². The molecule has 0 aliphatic carbocycles. The Hall–Kier alpha value is -1.99. The molecule has 2 aliphatic rings. The third-order valence-electron chi connectivity index (χ3n) is 5.89. The number of carbonyl (C=O) groups is 3. The highest BCUT2D eigenvalue weighted by Crippen LogP contribution is 2.44. The molecule has 30 heavy (non-hydrogen) atoms. The number of fused-ring (bicyclic) bond motifs is 2. The lowest BCUT2D eigenvalue weighted by Crippen LogP contribution is -2.42. The van der Waals surface area contributed by atoms with Gasteiger partial charge in [0.25, 0.3) is 0 Å². The van der Waals surface area contributed by atoms with E-state index in [1.807, 2.05) is 6.08 Å². The maximum Gasteiger partial charge on any atom is 0.239 e. The topological polar surface area (TPSA) is 105 Å². The Morgan fingerprint density at radius 2 is 1.77 bits per heavy atom. The van der Waals surface area contributed by atoms with Crippen molar-refractivity contribution in [1.82, 2.24) is 10.6 Å². The number of carbonyl (C=O) groups excluding carboxylic acids is 3. The molecule has 2 saturated heterocycles. The first kappa shape index (κ1) is 24.3. The predicted molar refractivity (Wildman–Crippen MR) is 115 cm³/mol. The van der Waals surface area contributed by atoms with Crippen LogP contribution in [0.15, 0.2) is 24.3 Å². The van der Waals surface area contributed by atoms with E-state index < -0.39 is 6.61 Å². The van der Waals surface area contributed by atoms with Crippen molar-refractivity contribution < 1.29 is 24.2 Å². The Morgan fingerprint density at radius 3 is 2.50 bits per heavy atom. The van der Waals surface area contributed by atoms with E-state index >= 15 is 0 Å². The van der Waals surface area contributed by atoms with Crippen molar-refractivity contribution in [2.75, 3.05) is 19.7 Å². The highest BCUT2D eigenvalue weighted by molar-refractivity contribution is 5.90. The smallest absolute Gasteiger partial charge is 0.239 e. The maximum atomic E-state index is 12.1. The van der Waals surface area contributed by atoms with Gasteiger partial charge in [-0.25, -0.2) is 0 Å². The van der Waals surface area contributed by atoms with Gasteiger partial charge in [0.2, 0.25) is 11.8 Å². The van der Waals surface area contributed by atoms with Crippen LogP contribution in [0.3, 0.4) is 0 Å². The Bertz CT molecular complexity index is 631. The van der Waals surface area contributed by atoms with E-state index in [1.165, 1.54) is 6.08 Å². The number of ketones is 1. The molecule has 0 saturated carbocycles. The molecule has 4 atom stereocenters. The van der Waals surface area contributed by atoms with Crippen LogP contribution in [0.25, 0.3) is 0 Å². The Kier molecular flexibility index (Phi) is 10.8. The molecule has 0 aromatic rings. The summed E-state index contributed by atoms with van der Waals surface area (Å²) < 4.78 is 6.07. The number of allylic oxidation sites excluding steroid dienone is 3. The molecule has 2 fully saturated rings. The van der Waals surface area contributed by atoms with E-state index in [4.69, 9.17) is 9.84 Å². The monoisotopic (exact) mass is 420 g/mol. The number of unbranched alkanes of at least 4 members (excludes halogenated alkanes) is 2. The summed E-state index contributed by atoms with van der Waals surface area (Å²) in [5.41, 5.74) is 0. The Balaban J connectivity index is 1.70. The fourth-order valence-electron chi connectivity index (χ4n) is 4.26. The Morgan fingerprint density at radius 1 is 1.00 bits per heavy atom. The second-order valence-electron chi connectivity index (χ2n) is 8.13. The number of amides is 2. The first-order valence-electron chi connectivity index (χ1n) is 11.2. The summed E-state index contributed by atoms with van der Waals surface area (Å²) in [6.45, 7) is 2.22. The van der Waals surface area contributed by atoms with Gasteiger partial charge in [-0.15, -0.1) is 0 Å². The number of rotatable bonds is 14. The van der Waals surface area contributed by atoms with Gasteiger partial charge in [-0.1, -0.05) is 38.0 Å². The van der Waals surface area contributed by atoms with E-state index in [-0.39, 0.29) is 42.3 Å². The number of hydrogen-bond donors (Lipinski definition) is 3. The van der Waals surface area contributed by atoms with Gasteiger partial charge in [0.15, 0.2) is 5.78 Å². The first-order valence-corrected chi connectivity index (χ1v) is 11.2. The van der Waals surface area contributed by atoms with Crippen molar-refractivity contribution in [2.24, 2.45) is 11.8 Å². The molecule has 2 heterocycles. The van der Waals surface area contributed by atoms with E-state index in [0.29, 0.717) is 25.3 Å². The molecule has 168 valence electrons. The van der Waals surface area contributed by atoms with Gasteiger partial charge >= 0.3 is 0 Å². The molecule has 2 amide bonds. The van der Waals surface area contributed by atoms with Crippen LogP contribution in [0.5, 0.6) is 0 Å². The fraction of sp³-hybridized carbons (Fsp3) is 0.696.